The maximum atomic E-state index is 13.4. The highest BCUT2D eigenvalue weighted by atomic mass is 16.4. The Bertz CT molecular complexity index is 1180. The first-order valence-electron chi connectivity index (χ1n) is 9.66. The lowest BCUT2D eigenvalue weighted by atomic mass is 9.86. The first-order valence-corrected chi connectivity index (χ1v) is 9.66. The fourth-order valence-electron chi connectivity index (χ4n) is 3.55. The van der Waals surface area contributed by atoms with Crippen LogP contribution in [0.4, 0.5) is 0 Å². The summed E-state index contributed by atoms with van der Waals surface area (Å²) in [6, 6.07) is 16.9. The Hall–Kier alpha value is -3.73. The van der Waals surface area contributed by atoms with Crippen LogP contribution in [0.3, 0.4) is 0 Å². The number of nitrogens with zero attached hydrogens (tertiary/aromatic N) is 1. The van der Waals surface area contributed by atoms with Gasteiger partial charge in [-0.3, -0.25) is 14.4 Å². The van der Waals surface area contributed by atoms with Gasteiger partial charge in [-0.2, -0.15) is 0 Å². The fraction of sp³-hybridized carbons (Fsp3) is 0.160. The molecule has 5 heteroatoms. The molecule has 4 rings (SSSR count). The Morgan fingerprint density at radius 3 is 2.23 bits per heavy atom. The number of benzene rings is 2. The molecule has 0 unspecified atom stereocenters. The van der Waals surface area contributed by atoms with Crippen LogP contribution in [0.15, 0.2) is 70.7 Å². The number of ketones is 2. The maximum Gasteiger partial charge on any atom is 0.289 e. The number of Topliss-reactive ketones (excluding diaryl/α,β-unsaturated/α-hetero) is 1. The van der Waals surface area contributed by atoms with Gasteiger partial charge in [0.25, 0.3) is 5.91 Å². The lowest BCUT2D eigenvalue weighted by Crippen LogP contribution is -2.25. The molecule has 1 aliphatic carbocycles. The van der Waals surface area contributed by atoms with Crippen LogP contribution in [0.1, 0.15) is 42.4 Å². The summed E-state index contributed by atoms with van der Waals surface area (Å²) in [5.41, 5.74) is 3.18. The highest BCUT2D eigenvalue weighted by molar-refractivity contribution is 6.29. The van der Waals surface area contributed by atoms with E-state index in [0.29, 0.717) is 17.6 Å². The number of carbonyl (C=O) groups is 3. The normalized spacial score (nSPS) is 13.1. The molecular weight excluding hydrogens is 378 g/mol. The maximum absolute atomic E-state index is 13.4. The van der Waals surface area contributed by atoms with Gasteiger partial charge in [0.15, 0.2) is 11.6 Å². The molecule has 0 bridgehead atoms. The highest BCUT2D eigenvalue weighted by Crippen LogP contribution is 2.37. The molecule has 0 aliphatic heterocycles. The Balaban J connectivity index is 1.87. The molecule has 1 aliphatic rings. The Morgan fingerprint density at radius 1 is 0.933 bits per heavy atom. The molecule has 150 valence electrons. The van der Waals surface area contributed by atoms with Crippen molar-refractivity contribution < 1.29 is 18.8 Å². The molecule has 1 amide bonds. The van der Waals surface area contributed by atoms with E-state index in [1.165, 1.54) is 11.0 Å². The van der Waals surface area contributed by atoms with Gasteiger partial charge in [0.1, 0.15) is 5.76 Å². The summed E-state index contributed by atoms with van der Waals surface area (Å²) in [6.45, 7) is 1.95. The smallest absolute Gasteiger partial charge is 0.289 e. The van der Waals surface area contributed by atoms with Crippen molar-refractivity contribution in [1.29, 1.82) is 0 Å². The first kappa shape index (κ1) is 19.6. The van der Waals surface area contributed by atoms with E-state index < -0.39 is 5.91 Å². The molecule has 0 saturated carbocycles. The van der Waals surface area contributed by atoms with E-state index in [-0.39, 0.29) is 34.2 Å². The number of allylic oxidation sites excluding steroid dienone is 2. The van der Waals surface area contributed by atoms with E-state index in [2.05, 4.69) is 0 Å². The summed E-state index contributed by atoms with van der Waals surface area (Å²) in [5.74, 6) is -0.966. The van der Waals surface area contributed by atoms with Crippen molar-refractivity contribution in [3.05, 3.63) is 94.3 Å². The average Bonchev–Trinajstić information content (AvgIpc) is 3.14. The zero-order valence-electron chi connectivity index (χ0n) is 17.1. The molecule has 0 fully saturated rings. The molecule has 1 aromatic heterocycles. The van der Waals surface area contributed by atoms with E-state index in [1.807, 2.05) is 61.5 Å². The Kier molecular flexibility index (Phi) is 4.96. The monoisotopic (exact) mass is 399 g/mol. The van der Waals surface area contributed by atoms with Gasteiger partial charge in [0.2, 0.25) is 5.76 Å². The molecule has 0 spiro atoms. The zero-order valence-corrected chi connectivity index (χ0v) is 17.1. The summed E-state index contributed by atoms with van der Waals surface area (Å²) in [5, 5.41) is 0. The van der Waals surface area contributed by atoms with Crippen molar-refractivity contribution in [3.63, 3.8) is 0 Å². The number of hydrogen-bond acceptors (Lipinski definition) is 4. The van der Waals surface area contributed by atoms with Crippen molar-refractivity contribution in [2.24, 2.45) is 0 Å². The Labute approximate surface area is 174 Å². The number of fused-ring (bicyclic) bond motifs is 1. The summed E-state index contributed by atoms with van der Waals surface area (Å²) < 4.78 is 5.89. The van der Waals surface area contributed by atoms with Crippen LogP contribution < -0.4 is 0 Å². The summed E-state index contributed by atoms with van der Waals surface area (Å²) in [6.07, 6.45) is 1.68. The van der Waals surface area contributed by atoms with Crippen LogP contribution in [0, 0.1) is 6.92 Å². The van der Waals surface area contributed by atoms with Gasteiger partial charge in [-0.05, 0) is 18.6 Å². The second kappa shape index (κ2) is 7.59. The van der Waals surface area contributed by atoms with Crippen LogP contribution in [0.5, 0.6) is 0 Å². The molecule has 0 radical (unpaired) electrons. The molecule has 3 aromatic rings. The van der Waals surface area contributed by atoms with Gasteiger partial charge in [-0.15, -0.1) is 0 Å². The number of aryl methyl sites for hydroxylation is 1. The van der Waals surface area contributed by atoms with Gasteiger partial charge < -0.3 is 9.32 Å². The molecular formula is C25H21NO4. The number of amides is 1. The lowest BCUT2D eigenvalue weighted by Gasteiger charge is -2.14. The topological polar surface area (TPSA) is 67.6 Å². The van der Waals surface area contributed by atoms with E-state index in [0.717, 1.165) is 11.1 Å². The molecule has 2 aromatic carbocycles. The predicted octanol–water partition coefficient (Wildman–Crippen LogP) is 4.50. The van der Waals surface area contributed by atoms with Crippen LogP contribution in [-0.4, -0.2) is 36.5 Å². The third kappa shape index (κ3) is 3.39. The van der Waals surface area contributed by atoms with Gasteiger partial charge in [0.05, 0.1) is 11.1 Å². The SMILES string of the molecule is Cc1ccc(-c2oc(C(=O)N(C)C)c3c2C(=O)C=C(Cc2ccccc2)C3=O)cc1. The van der Waals surface area contributed by atoms with Crippen molar-refractivity contribution in [2.45, 2.75) is 13.3 Å². The predicted molar refractivity (Wildman–Crippen MR) is 114 cm³/mol. The average molecular weight is 399 g/mol. The number of furan rings is 1. The van der Waals surface area contributed by atoms with E-state index in [1.54, 1.807) is 14.1 Å². The standard InChI is InChI=1S/C25H21NO4/c1-15-9-11-17(12-10-15)23-20-19(27)14-18(13-16-7-5-4-6-8-16)22(28)21(20)24(30-23)25(29)26(2)3/h4-12,14H,13H2,1-3H3. The molecule has 0 atom stereocenters. The van der Waals surface area contributed by atoms with Crippen LogP contribution in [0.2, 0.25) is 0 Å². The van der Waals surface area contributed by atoms with Gasteiger partial charge in [-0.1, -0.05) is 60.2 Å². The van der Waals surface area contributed by atoms with Crippen LogP contribution in [0.25, 0.3) is 11.3 Å². The first-order chi connectivity index (χ1) is 14.4. The van der Waals surface area contributed by atoms with E-state index in [9.17, 15) is 14.4 Å². The minimum absolute atomic E-state index is 0.0581. The summed E-state index contributed by atoms with van der Waals surface area (Å²) in [7, 11) is 3.16. The van der Waals surface area contributed by atoms with Crippen molar-refractivity contribution >= 4 is 17.5 Å². The van der Waals surface area contributed by atoms with Gasteiger partial charge in [-0.25, -0.2) is 0 Å². The number of rotatable bonds is 4. The van der Waals surface area contributed by atoms with Gasteiger partial charge in [0, 0.05) is 31.7 Å². The minimum Gasteiger partial charge on any atom is -0.449 e. The van der Waals surface area contributed by atoms with Crippen LogP contribution >= 0.6 is 0 Å². The molecule has 0 saturated heterocycles. The van der Waals surface area contributed by atoms with E-state index >= 15 is 0 Å². The third-order valence-corrected chi connectivity index (χ3v) is 5.13. The third-order valence-electron chi connectivity index (χ3n) is 5.13. The second-order valence-electron chi connectivity index (χ2n) is 7.60. The molecule has 1 heterocycles. The van der Waals surface area contributed by atoms with Gasteiger partial charge >= 0.3 is 0 Å². The van der Waals surface area contributed by atoms with Crippen molar-refractivity contribution in [2.75, 3.05) is 14.1 Å². The van der Waals surface area contributed by atoms with Crippen molar-refractivity contribution in [1.82, 2.24) is 4.90 Å². The Morgan fingerprint density at radius 2 is 1.60 bits per heavy atom. The molecule has 30 heavy (non-hydrogen) atoms. The lowest BCUT2D eigenvalue weighted by molar-refractivity contribution is 0.0791. The second-order valence-corrected chi connectivity index (χ2v) is 7.60. The number of carbonyl (C=O) groups excluding carboxylic acids is 3. The minimum atomic E-state index is -0.452. The van der Waals surface area contributed by atoms with E-state index in [4.69, 9.17) is 4.42 Å². The molecule has 0 N–H and O–H groups in total. The van der Waals surface area contributed by atoms with Crippen molar-refractivity contribution in [3.8, 4) is 11.3 Å². The largest absolute Gasteiger partial charge is 0.449 e. The number of hydrogen-bond donors (Lipinski definition) is 0. The summed E-state index contributed by atoms with van der Waals surface area (Å²) >= 11 is 0. The fourth-order valence-corrected chi connectivity index (χ4v) is 3.55. The quantitative estimate of drug-likeness (QED) is 0.648. The zero-order chi connectivity index (χ0) is 21.4. The van der Waals surface area contributed by atoms with Crippen LogP contribution in [-0.2, 0) is 6.42 Å². The summed E-state index contributed by atoms with van der Waals surface area (Å²) in [4.78, 5) is 40.6. The highest BCUT2D eigenvalue weighted by Gasteiger charge is 2.37. The molecule has 5 nitrogen and oxygen atoms in total.